The number of aromatic hydroxyl groups is 1. The Balaban J connectivity index is 2.19. The number of phenols is 1. The average molecular weight is 258 g/mol. The van der Waals surface area contributed by atoms with Crippen molar-refractivity contribution in [2.45, 2.75) is 20.3 Å². The van der Waals surface area contributed by atoms with Gasteiger partial charge in [0.2, 0.25) is 0 Å². The molecule has 2 aromatic rings. The van der Waals surface area contributed by atoms with Crippen LogP contribution in [0.25, 0.3) is 10.8 Å². The standard InChI is InChI=1S/C16H18O3/c1-11(2)7-8-19-16(18)14-9-12-5-3-4-6-13(12)10-15(14)17/h3-6,9-11,17H,7-8H2,1-2H3. The summed E-state index contributed by atoms with van der Waals surface area (Å²) in [6.07, 6.45) is 0.820. The summed E-state index contributed by atoms with van der Waals surface area (Å²) < 4.78 is 5.17. The van der Waals surface area contributed by atoms with Gasteiger partial charge in [0, 0.05) is 0 Å². The van der Waals surface area contributed by atoms with Crippen LogP contribution >= 0.6 is 0 Å². The smallest absolute Gasteiger partial charge is 0.341 e. The highest BCUT2D eigenvalue weighted by Crippen LogP contribution is 2.25. The van der Waals surface area contributed by atoms with E-state index in [9.17, 15) is 9.90 Å². The van der Waals surface area contributed by atoms with Crippen molar-refractivity contribution < 1.29 is 14.6 Å². The molecule has 0 fully saturated rings. The van der Waals surface area contributed by atoms with Gasteiger partial charge in [-0.2, -0.15) is 0 Å². The quantitative estimate of drug-likeness (QED) is 0.849. The predicted octanol–water partition coefficient (Wildman–Crippen LogP) is 3.75. The first-order valence-corrected chi connectivity index (χ1v) is 6.47. The minimum Gasteiger partial charge on any atom is -0.507 e. The summed E-state index contributed by atoms with van der Waals surface area (Å²) >= 11 is 0. The zero-order chi connectivity index (χ0) is 13.8. The molecule has 0 atom stereocenters. The highest BCUT2D eigenvalue weighted by atomic mass is 16.5. The summed E-state index contributed by atoms with van der Waals surface area (Å²) in [6.45, 7) is 4.52. The summed E-state index contributed by atoms with van der Waals surface area (Å²) in [5.41, 5.74) is 0.224. The van der Waals surface area contributed by atoms with Crippen LogP contribution in [0.3, 0.4) is 0 Å². The van der Waals surface area contributed by atoms with E-state index in [1.807, 2.05) is 24.3 Å². The van der Waals surface area contributed by atoms with Crippen molar-refractivity contribution in [3.05, 3.63) is 42.0 Å². The average Bonchev–Trinajstić information content (AvgIpc) is 2.37. The molecule has 2 rings (SSSR count). The van der Waals surface area contributed by atoms with Crippen molar-refractivity contribution in [2.24, 2.45) is 5.92 Å². The van der Waals surface area contributed by atoms with Gasteiger partial charge in [-0.1, -0.05) is 38.1 Å². The lowest BCUT2D eigenvalue weighted by atomic mass is 10.1. The van der Waals surface area contributed by atoms with E-state index in [-0.39, 0.29) is 11.3 Å². The molecule has 1 N–H and O–H groups in total. The molecule has 2 aromatic carbocycles. The van der Waals surface area contributed by atoms with Gasteiger partial charge in [0.1, 0.15) is 11.3 Å². The molecule has 0 aliphatic carbocycles. The fourth-order valence-electron chi connectivity index (χ4n) is 1.86. The Hall–Kier alpha value is -2.03. The number of hydrogen-bond acceptors (Lipinski definition) is 3. The van der Waals surface area contributed by atoms with Gasteiger partial charge in [-0.15, -0.1) is 0 Å². The molecule has 19 heavy (non-hydrogen) atoms. The SMILES string of the molecule is CC(C)CCOC(=O)c1cc2ccccc2cc1O. The van der Waals surface area contributed by atoms with E-state index in [0.717, 1.165) is 17.2 Å². The fraction of sp³-hybridized carbons (Fsp3) is 0.312. The maximum absolute atomic E-state index is 11.9. The number of carbonyl (C=O) groups excluding carboxylic acids is 1. The largest absolute Gasteiger partial charge is 0.507 e. The van der Waals surface area contributed by atoms with E-state index in [0.29, 0.717) is 12.5 Å². The topological polar surface area (TPSA) is 46.5 Å². The summed E-state index contributed by atoms with van der Waals surface area (Å²) in [6, 6.07) is 10.8. The third-order valence-corrected chi connectivity index (χ3v) is 3.01. The van der Waals surface area contributed by atoms with E-state index in [2.05, 4.69) is 13.8 Å². The monoisotopic (exact) mass is 258 g/mol. The molecule has 100 valence electrons. The lowest BCUT2D eigenvalue weighted by Gasteiger charge is -2.09. The lowest BCUT2D eigenvalue weighted by Crippen LogP contribution is -2.08. The van der Waals surface area contributed by atoms with E-state index in [1.54, 1.807) is 12.1 Å². The van der Waals surface area contributed by atoms with E-state index >= 15 is 0 Å². The van der Waals surface area contributed by atoms with Crippen LogP contribution in [-0.4, -0.2) is 17.7 Å². The number of rotatable bonds is 4. The summed E-state index contributed by atoms with van der Waals surface area (Å²) in [4.78, 5) is 11.9. The first-order valence-electron chi connectivity index (χ1n) is 6.47. The maximum Gasteiger partial charge on any atom is 0.341 e. The maximum atomic E-state index is 11.9. The Kier molecular flexibility index (Phi) is 4.05. The minimum atomic E-state index is -0.469. The van der Waals surface area contributed by atoms with E-state index in [4.69, 9.17) is 4.74 Å². The van der Waals surface area contributed by atoms with Crippen LogP contribution in [0, 0.1) is 5.92 Å². The Bertz CT molecular complexity index is 588. The zero-order valence-electron chi connectivity index (χ0n) is 11.2. The molecule has 0 aromatic heterocycles. The van der Waals surface area contributed by atoms with Crippen LogP contribution in [0.2, 0.25) is 0 Å². The molecule has 0 saturated carbocycles. The van der Waals surface area contributed by atoms with Crippen molar-refractivity contribution in [3.63, 3.8) is 0 Å². The zero-order valence-corrected chi connectivity index (χ0v) is 11.2. The summed E-state index contributed by atoms with van der Waals surface area (Å²) in [5, 5.41) is 11.7. The Morgan fingerprint density at radius 2 is 1.84 bits per heavy atom. The molecule has 0 bridgehead atoms. The summed E-state index contributed by atoms with van der Waals surface area (Å²) in [5.74, 6) is -0.0184. The summed E-state index contributed by atoms with van der Waals surface area (Å²) in [7, 11) is 0. The number of esters is 1. The first kappa shape index (κ1) is 13.4. The molecular formula is C16H18O3. The van der Waals surface area contributed by atoms with Gasteiger partial charge < -0.3 is 9.84 Å². The molecule has 0 amide bonds. The molecule has 0 spiro atoms. The highest BCUT2D eigenvalue weighted by Gasteiger charge is 2.13. The van der Waals surface area contributed by atoms with Crippen LogP contribution in [0.4, 0.5) is 0 Å². The number of hydrogen-bond donors (Lipinski definition) is 1. The van der Waals surface area contributed by atoms with Crippen LogP contribution in [0.1, 0.15) is 30.6 Å². The normalized spacial score (nSPS) is 10.9. The predicted molar refractivity (Wildman–Crippen MR) is 75.4 cm³/mol. The molecular weight excluding hydrogens is 240 g/mol. The number of benzene rings is 2. The molecule has 0 aliphatic rings. The van der Waals surface area contributed by atoms with Gasteiger partial charge in [0.25, 0.3) is 0 Å². The molecule has 0 saturated heterocycles. The van der Waals surface area contributed by atoms with Crippen molar-refractivity contribution in [3.8, 4) is 5.75 Å². The van der Waals surface area contributed by atoms with Gasteiger partial charge in [-0.25, -0.2) is 4.79 Å². The fourth-order valence-corrected chi connectivity index (χ4v) is 1.86. The molecule has 0 aliphatic heterocycles. The van der Waals surface area contributed by atoms with Crippen LogP contribution in [0.5, 0.6) is 5.75 Å². The number of ether oxygens (including phenoxy) is 1. The van der Waals surface area contributed by atoms with Gasteiger partial charge in [-0.3, -0.25) is 0 Å². The van der Waals surface area contributed by atoms with Gasteiger partial charge >= 0.3 is 5.97 Å². The van der Waals surface area contributed by atoms with Crippen molar-refractivity contribution in [1.82, 2.24) is 0 Å². The van der Waals surface area contributed by atoms with Gasteiger partial charge in [0.05, 0.1) is 6.61 Å². The number of phenolic OH excluding ortho intramolecular Hbond substituents is 1. The third kappa shape index (κ3) is 3.25. The van der Waals surface area contributed by atoms with Crippen molar-refractivity contribution >= 4 is 16.7 Å². The van der Waals surface area contributed by atoms with Crippen LogP contribution in [-0.2, 0) is 4.74 Å². The highest BCUT2D eigenvalue weighted by molar-refractivity contribution is 5.98. The minimum absolute atomic E-state index is 0.0340. The number of fused-ring (bicyclic) bond motifs is 1. The Morgan fingerprint density at radius 1 is 1.21 bits per heavy atom. The second-order valence-corrected chi connectivity index (χ2v) is 5.03. The first-order chi connectivity index (χ1) is 9.08. The lowest BCUT2D eigenvalue weighted by molar-refractivity contribution is 0.0485. The van der Waals surface area contributed by atoms with Crippen LogP contribution < -0.4 is 0 Å². The van der Waals surface area contributed by atoms with E-state index in [1.165, 1.54) is 0 Å². The third-order valence-electron chi connectivity index (χ3n) is 3.01. The van der Waals surface area contributed by atoms with Crippen molar-refractivity contribution in [1.29, 1.82) is 0 Å². The molecule has 0 unspecified atom stereocenters. The second-order valence-electron chi connectivity index (χ2n) is 5.03. The van der Waals surface area contributed by atoms with Gasteiger partial charge in [-0.05, 0) is 35.2 Å². The molecule has 3 heteroatoms. The molecule has 3 nitrogen and oxygen atoms in total. The Morgan fingerprint density at radius 3 is 2.47 bits per heavy atom. The van der Waals surface area contributed by atoms with Crippen molar-refractivity contribution in [2.75, 3.05) is 6.61 Å². The number of carbonyl (C=O) groups is 1. The Labute approximate surface area is 112 Å². The molecule has 0 radical (unpaired) electrons. The van der Waals surface area contributed by atoms with Crippen LogP contribution in [0.15, 0.2) is 36.4 Å². The molecule has 0 heterocycles. The second kappa shape index (κ2) is 5.74. The van der Waals surface area contributed by atoms with Gasteiger partial charge in [0.15, 0.2) is 0 Å². The van der Waals surface area contributed by atoms with E-state index < -0.39 is 5.97 Å².